The van der Waals surface area contributed by atoms with Gasteiger partial charge in [0.15, 0.2) is 0 Å². The second-order valence-corrected chi connectivity index (χ2v) is 5.51. The second kappa shape index (κ2) is 8.60. The molecule has 1 aliphatic rings. The van der Waals surface area contributed by atoms with Crippen molar-refractivity contribution in [3.8, 4) is 0 Å². The Balaban J connectivity index is 2.52. The summed E-state index contributed by atoms with van der Waals surface area (Å²) < 4.78 is 10.9. The molecule has 0 spiro atoms. The van der Waals surface area contributed by atoms with Gasteiger partial charge in [-0.2, -0.15) is 0 Å². The van der Waals surface area contributed by atoms with Crippen LogP contribution in [0.1, 0.15) is 40.5 Å². The van der Waals surface area contributed by atoms with Crippen LogP contribution in [0, 0.1) is 0 Å². The predicted molar refractivity (Wildman–Crippen MR) is 79.8 cm³/mol. The maximum Gasteiger partial charge on any atom is 0.327 e. The highest BCUT2D eigenvalue weighted by Gasteiger charge is 2.36. The molecule has 0 bridgehead atoms. The van der Waals surface area contributed by atoms with Crippen LogP contribution in [0.3, 0.4) is 0 Å². The average molecular weight is 286 g/mol. The van der Waals surface area contributed by atoms with Crippen LogP contribution in [0.5, 0.6) is 0 Å². The van der Waals surface area contributed by atoms with Crippen LogP contribution in [-0.2, 0) is 14.3 Å². The van der Waals surface area contributed by atoms with E-state index in [1.807, 2.05) is 27.7 Å². The molecule has 5 nitrogen and oxygen atoms in total. The zero-order valence-electron chi connectivity index (χ0n) is 13.4. The number of hydrogen-bond donors (Lipinski definition) is 1. The second-order valence-electron chi connectivity index (χ2n) is 5.51. The van der Waals surface area contributed by atoms with E-state index < -0.39 is 5.54 Å². The Labute approximate surface area is 123 Å². The maximum atomic E-state index is 12.2. The number of carbonyl (C=O) groups is 1. The van der Waals surface area contributed by atoms with Crippen molar-refractivity contribution in [1.82, 2.24) is 10.2 Å². The highest BCUT2D eigenvalue weighted by atomic mass is 16.5. The zero-order chi connectivity index (χ0) is 15.0. The van der Waals surface area contributed by atoms with Gasteiger partial charge in [0.05, 0.1) is 12.7 Å². The first-order valence-electron chi connectivity index (χ1n) is 7.81. The van der Waals surface area contributed by atoms with Crippen LogP contribution in [0.25, 0.3) is 0 Å². The minimum Gasteiger partial charge on any atom is -0.465 e. The minimum atomic E-state index is -0.622. The van der Waals surface area contributed by atoms with E-state index in [9.17, 15) is 4.79 Å². The lowest BCUT2D eigenvalue weighted by Gasteiger charge is -2.38. The maximum absolute atomic E-state index is 12.2. The van der Waals surface area contributed by atoms with Crippen molar-refractivity contribution in [2.45, 2.75) is 52.2 Å². The molecule has 0 aromatic rings. The molecule has 1 heterocycles. The van der Waals surface area contributed by atoms with Crippen LogP contribution >= 0.6 is 0 Å². The SMILES string of the molecule is CCNC(C)(CN1CCC(OCC)CC1)C(=O)OCC. The predicted octanol–water partition coefficient (Wildman–Crippen LogP) is 1.42. The summed E-state index contributed by atoms with van der Waals surface area (Å²) in [5.41, 5.74) is -0.622. The molecule has 1 fully saturated rings. The standard InChI is InChI=1S/C15H30N2O3/c1-5-16-15(4,14(18)20-7-3)12-17-10-8-13(9-11-17)19-6-2/h13,16H,5-12H2,1-4H3. The summed E-state index contributed by atoms with van der Waals surface area (Å²) >= 11 is 0. The Morgan fingerprint density at radius 1 is 1.25 bits per heavy atom. The third-order valence-corrected chi connectivity index (χ3v) is 3.77. The van der Waals surface area contributed by atoms with Gasteiger partial charge in [-0.05, 0) is 40.2 Å². The van der Waals surface area contributed by atoms with E-state index >= 15 is 0 Å². The summed E-state index contributed by atoms with van der Waals surface area (Å²) in [5, 5.41) is 3.28. The third-order valence-electron chi connectivity index (χ3n) is 3.77. The van der Waals surface area contributed by atoms with E-state index in [1.165, 1.54) is 0 Å². The summed E-state index contributed by atoms with van der Waals surface area (Å²) in [7, 11) is 0. The average Bonchev–Trinajstić information content (AvgIpc) is 2.42. The number of nitrogens with zero attached hydrogens (tertiary/aromatic N) is 1. The van der Waals surface area contributed by atoms with E-state index in [-0.39, 0.29) is 5.97 Å². The topological polar surface area (TPSA) is 50.8 Å². The largest absolute Gasteiger partial charge is 0.465 e. The van der Waals surface area contributed by atoms with Gasteiger partial charge in [-0.1, -0.05) is 6.92 Å². The van der Waals surface area contributed by atoms with Crippen molar-refractivity contribution in [2.24, 2.45) is 0 Å². The van der Waals surface area contributed by atoms with Gasteiger partial charge < -0.3 is 19.7 Å². The third kappa shape index (κ3) is 5.04. The monoisotopic (exact) mass is 286 g/mol. The van der Waals surface area contributed by atoms with Gasteiger partial charge in [-0.25, -0.2) is 0 Å². The van der Waals surface area contributed by atoms with E-state index in [2.05, 4.69) is 10.2 Å². The molecule has 1 rings (SSSR count). The van der Waals surface area contributed by atoms with Crippen molar-refractivity contribution in [2.75, 3.05) is 39.4 Å². The normalized spacial score (nSPS) is 20.6. The Kier molecular flexibility index (Phi) is 7.48. The quantitative estimate of drug-likeness (QED) is 0.684. The van der Waals surface area contributed by atoms with Gasteiger partial charge in [0, 0.05) is 26.2 Å². The zero-order valence-corrected chi connectivity index (χ0v) is 13.4. The number of ether oxygens (including phenoxy) is 2. The van der Waals surface area contributed by atoms with E-state index in [1.54, 1.807) is 0 Å². The van der Waals surface area contributed by atoms with Crippen molar-refractivity contribution in [1.29, 1.82) is 0 Å². The number of esters is 1. The van der Waals surface area contributed by atoms with E-state index in [4.69, 9.17) is 9.47 Å². The van der Waals surface area contributed by atoms with Gasteiger partial charge >= 0.3 is 5.97 Å². The Morgan fingerprint density at radius 2 is 1.90 bits per heavy atom. The van der Waals surface area contributed by atoms with Gasteiger partial charge in [0.2, 0.25) is 0 Å². The first kappa shape index (κ1) is 17.4. The van der Waals surface area contributed by atoms with Gasteiger partial charge in [-0.3, -0.25) is 4.79 Å². The summed E-state index contributed by atoms with van der Waals surface area (Å²) in [4.78, 5) is 14.5. The van der Waals surface area contributed by atoms with Gasteiger partial charge in [0.25, 0.3) is 0 Å². The molecular weight excluding hydrogens is 256 g/mol. The molecule has 1 aliphatic heterocycles. The number of likely N-dealkylation sites (N-methyl/N-ethyl adjacent to an activating group) is 1. The first-order chi connectivity index (χ1) is 9.55. The summed E-state index contributed by atoms with van der Waals surface area (Å²) in [5.74, 6) is -0.159. The Morgan fingerprint density at radius 3 is 2.40 bits per heavy atom. The van der Waals surface area contributed by atoms with E-state index in [0.29, 0.717) is 19.3 Å². The number of hydrogen-bond acceptors (Lipinski definition) is 5. The van der Waals surface area contributed by atoms with Crippen LogP contribution < -0.4 is 5.32 Å². The lowest BCUT2D eigenvalue weighted by molar-refractivity contribution is -0.151. The molecule has 5 heteroatoms. The number of likely N-dealkylation sites (tertiary alicyclic amines) is 1. The van der Waals surface area contributed by atoms with Crippen molar-refractivity contribution in [3.63, 3.8) is 0 Å². The lowest BCUT2D eigenvalue weighted by atomic mass is 9.99. The van der Waals surface area contributed by atoms with Gasteiger partial charge in [-0.15, -0.1) is 0 Å². The highest BCUT2D eigenvalue weighted by Crippen LogP contribution is 2.17. The Hall–Kier alpha value is -0.650. The fourth-order valence-corrected chi connectivity index (χ4v) is 2.79. The van der Waals surface area contributed by atoms with Crippen LogP contribution in [0.4, 0.5) is 0 Å². The molecule has 1 saturated heterocycles. The summed E-state index contributed by atoms with van der Waals surface area (Å²) in [6.45, 7) is 12.4. The summed E-state index contributed by atoms with van der Waals surface area (Å²) in [6.07, 6.45) is 2.46. The molecule has 0 aliphatic carbocycles. The number of carbonyl (C=O) groups excluding carboxylic acids is 1. The number of nitrogens with one attached hydrogen (secondary N) is 1. The van der Waals surface area contributed by atoms with E-state index in [0.717, 1.165) is 39.1 Å². The molecule has 1 N–H and O–H groups in total. The Bertz CT molecular complexity index is 291. The fraction of sp³-hybridized carbons (Fsp3) is 0.933. The van der Waals surface area contributed by atoms with Gasteiger partial charge in [0.1, 0.15) is 5.54 Å². The van der Waals surface area contributed by atoms with Crippen LogP contribution in [-0.4, -0.2) is 61.9 Å². The molecule has 0 aromatic heterocycles. The van der Waals surface area contributed by atoms with Crippen LogP contribution in [0.2, 0.25) is 0 Å². The molecule has 0 radical (unpaired) electrons. The minimum absolute atomic E-state index is 0.159. The molecule has 118 valence electrons. The van der Waals surface area contributed by atoms with Crippen molar-refractivity contribution >= 4 is 5.97 Å². The molecule has 1 atom stereocenters. The molecule has 0 saturated carbocycles. The fourth-order valence-electron chi connectivity index (χ4n) is 2.79. The molecule has 0 amide bonds. The summed E-state index contributed by atoms with van der Waals surface area (Å²) in [6, 6.07) is 0. The molecule has 20 heavy (non-hydrogen) atoms. The number of piperidine rings is 1. The van der Waals surface area contributed by atoms with Crippen molar-refractivity contribution < 1.29 is 14.3 Å². The molecular formula is C15H30N2O3. The molecule has 1 unspecified atom stereocenters. The highest BCUT2D eigenvalue weighted by molar-refractivity contribution is 5.80. The van der Waals surface area contributed by atoms with Crippen LogP contribution in [0.15, 0.2) is 0 Å². The number of rotatable bonds is 8. The lowest BCUT2D eigenvalue weighted by Crippen LogP contribution is -2.58. The van der Waals surface area contributed by atoms with Crippen molar-refractivity contribution in [3.05, 3.63) is 0 Å². The molecule has 0 aromatic carbocycles. The first-order valence-corrected chi connectivity index (χ1v) is 7.81. The smallest absolute Gasteiger partial charge is 0.327 e.